The number of rotatable bonds is 5. The van der Waals surface area contributed by atoms with Gasteiger partial charge in [-0.2, -0.15) is 13.2 Å². The largest absolute Gasteiger partial charge is 0.416 e. The molecule has 1 heterocycles. The van der Waals surface area contributed by atoms with Crippen molar-refractivity contribution in [2.75, 3.05) is 6.54 Å². The number of nitrogens with two attached hydrogens (primary N) is 1. The van der Waals surface area contributed by atoms with Crippen LogP contribution in [0.4, 0.5) is 13.2 Å². The number of hydrogen-bond acceptors (Lipinski definition) is 4. The van der Waals surface area contributed by atoms with E-state index in [1.54, 1.807) is 6.07 Å². The number of hydrogen-bond donors (Lipinski definition) is 1. The van der Waals surface area contributed by atoms with Crippen LogP contribution in [0.1, 0.15) is 40.2 Å². The molecular formula is C17H16F3N3O. The standard InChI is InChI=1S/C17H16F3N3O/c18-17(19,20)13-3-1-2-12(6-13)16(4-5-16)7-15-22-9-11(10-23-15)14(24)8-21/h1-3,6,9-10H,4-5,7-8,21H2. The van der Waals surface area contributed by atoms with E-state index < -0.39 is 11.7 Å². The molecule has 24 heavy (non-hydrogen) atoms. The molecule has 0 unspecified atom stereocenters. The molecule has 3 rings (SSSR count). The summed E-state index contributed by atoms with van der Waals surface area (Å²) < 4.78 is 38.7. The highest BCUT2D eigenvalue weighted by atomic mass is 19.4. The zero-order valence-corrected chi connectivity index (χ0v) is 12.8. The Labute approximate surface area is 136 Å². The summed E-state index contributed by atoms with van der Waals surface area (Å²) in [7, 11) is 0. The summed E-state index contributed by atoms with van der Waals surface area (Å²) in [5.41, 5.74) is 5.29. The first-order valence-corrected chi connectivity index (χ1v) is 7.56. The molecule has 0 spiro atoms. The van der Waals surface area contributed by atoms with Crippen LogP contribution in [0.25, 0.3) is 0 Å². The van der Waals surface area contributed by atoms with Crippen LogP contribution in [-0.2, 0) is 18.0 Å². The lowest BCUT2D eigenvalue weighted by atomic mass is 9.90. The van der Waals surface area contributed by atoms with Gasteiger partial charge in [0, 0.05) is 24.2 Å². The van der Waals surface area contributed by atoms with Gasteiger partial charge in [-0.15, -0.1) is 0 Å². The van der Waals surface area contributed by atoms with Gasteiger partial charge in [0.1, 0.15) is 5.82 Å². The van der Waals surface area contributed by atoms with Crippen molar-refractivity contribution in [3.63, 3.8) is 0 Å². The summed E-state index contributed by atoms with van der Waals surface area (Å²) in [5.74, 6) is 0.263. The van der Waals surface area contributed by atoms with Crippen LogP contribution in [0.5, 0.6) is 0 Å². The minimum absolute atomic E-state index is 0.114. The molecule has 7 heteroatoms. The van der Waals surface area contributed by atoms with Crippen molar-refractivity contribution in [2.24, 2.45) is 5.73 Å². The molecule has 0 atom stereocenters. The lowest BCUT2D eigenvalue weighted by molar-refractivity contribution is -0.137. The highest BCUT2D eigenvalue weighted by molar-refractivity contribution is 5.96. The summed E-state index contributed by atoms with van der Waals surface area (Å²) >= 11 is 0. The van der Waals surface area contributed by atoms with Crippen LogP contribution in [0.15, 0.2) is 36.7 Å². The molecule has 1 aliphatic rings. The first-order chi connectivity index (χ1) is 11.3. The Hall–Kier alpha value is -2.28. The highest BCUT2D eigenvalue weighted by Crippen LogP contribution is 2.51. The van der Waals surface area contributed by atoms with E-state index in [4.69, 9.17) is 5.73 Å². The zero-order valence-electron chi connectivity index (χ0n) is 12.8. The Bertz CT molecular complexity index is 752. The number of carbonyl (C=O) groups excluding carboxylic acids is 1. The lowest BCUT2D eigenvalue weighted by Gasteiger charge is -2.17. The van der Waals surface area contributed by atoms with E-state index in [0.717, 1.165) is 18.9 Å². The Balaban J connectivity index is 1.81. The van der Waals surface area contributed by atoms with Gasteiger partial charge in [-0.3, -0.25) is 4.79 Å². The molecule has 1 aromatic carbocycles. The molecule has 0 aliphatic heterocycles. The van der Waals surface area contributed by atoms with E-state index >= 15 is 0 Å². The fourth-order valence-electron chi connectivity index (χ4n) is 2.75. The maximum atomic E-state index is 12.9. The fourth-order valence-corrected chi connectivity index (χ4v) is 2.75. The third-order valence-electron chi connectivity index (χ3n) is 4.37. The second-order valence-corrected chi connectivity index (χ2v) is 6.05. The van der Waals surface area contributed by atoms with Gasteiger partial charge in [0.05, 0.1) is 17.7 Å². The van der Waals surface area contributed by atoms with E-state index in [0.29, 0.717) is 23.4 Å². The van der Waals surface area contributed by atoms with Crippen molar-refractivity contribution in [1.29, 1.82) is 0 Å². The number of halogens is 3. The van der Waals surface area contributed by atoms with E-state index in [1.807, 2.05) is 0 Å². The number of alkyl halides is 3. The Kier molecular flexibility index (Phi) is 4.13. The molecule has 0 bridgehead atoms. The highest BCUT2D eigenvalue weighted by Gasteiger charge is 2.45. The van der Waals surface area contributed by atoms with E-state index in [9.17, 15) is 18.0 Å². The average molecular weight is 335 g/mol. The SMILES string of the molecule is NCC(=O)c1cnc(CC2(c3cccc(C(F)(F)F)c3)CC2)nc1. The van der Waals surface area contributed by atoms with Crippen molar-refractivity contribution in [1.82, 2.24) is 9.97 Å². The van der Waals surface area contributed by atoms with E-state index in [-0.39, 0.29) is 17.7 Å². The number of aromatic nitrogens is 2. The van der Waals surface area contributed by atoms with Crippen LogP contribution in [0, 0.1) is 0 Å². The van der Waals surface area contributed by atoms with Crippen LogP contribution in [-0.4, -0.2) is 22.3 Å². The van der Waals surface area contributed by atoms with Crippen molar-refractivity contribution < 1.29 is 18.0 Å². The Morgan fingerprint density at radius 2 is 1.88 bits per heavy atom. The van der Waals surface area contributed by atoms with Gasteiger partial charge in [-0.05, 0) is 24.5 Å². The Morgan fingerprint density at radius 1 is 1.21 bits per heavy atom. The van der Waals surface area contributed by atoms with Gasteiger partial charge in [-0.1, -0.05) is 18.2 Å². The first kappa shape index (κ1) is 16.6. The average Bonchev–Trinajstić information content (AvgIpc) is 3.35. The molecule has 2 aromatic rings. The van der Waals surface area contributed by atoms with E-state index in [2.05, 4.69) is 9.97 Å². The molecule has 0 saturated heterocycles. The minimum atomic E-state index is -4.35. The van der Waals surface area contributed by atoms with Crippen molar-refractivity contribution in [3.05, 3.63) is 59.2 Å². The summed E-state index contributed by atoms with van der Waals surface area (Å²) in [6.45, 7) is -0.114. The van der Waals surface area contributed by atoms with Crippen LogP contribution < -0.4 is 5.73 Å². The van der Waals surface area contributed by atoms with Gasteiger partial charge in [0.15, 0.2) is 5.78 Å². The van der Waals surface area contributed by atoms with E-state index in [1.165, 1.54) is 24.5 Å². The number of carbonyl (C=O) groups is 1. The maximum Gasteiger partial charge on any atom is 0.416 e. The monoisotopic (exact) mass is 335 g/mol. The third kappa shape index (κ3) is 3.31. The second kappa shape index (κ2) is 5.98. The van der Waals surface area contributed by atoms with Crippen molar-refractivity contribution >= 4 is 5.78 Å². The van der Waals surface area contributed by atoms with Gasteiger partial charge < -0.3 is 5.73 Å². The van der Waals surface area contributed by atoms with Crippen molar-refractivity contribution in [3.8, 4) is 0 Å². The molecule has 0 radical (unpaired) electrons. The van der Waals surface area contributed by atoms with Crippen molar-refractivity contribution in [2.45, 2.75) is 30.9 Å². The topological polar surface area (TPSA) is 68.9 Å². The normalized spacial score (nSPS) is 16.0. The summed E-state index contributed by atoms with van der Waals surface area (Å²) in [6.07, 6.45) is 0.514. The minimum Gasteiger partial charge on any atom is -0.324 e. The van der Waals surface area contributed by atoms with Crippen LogP contribution in [0.2, 0.25) is 0 Å². The molecule has 4 nitrogen and oxygen atoms in total. The van der Waals surface area contributed by atoms with Crippen LogP contribution >= 0.6 is 0 Å². The quantitative estimate of drug-likeness (QED) is 0.853. The predicted octanol–water partition coefficient (Wildman–Crippen LogP) is 2.91. The summed E-state index contributed by atoms with van der Waals surface area (Å²) in [4.78, 5) is 19.8. The number of Topliss-reactive ketones (excluding diaryl/α,β-unsaturated/α-hetero) is 1. The Morgan fingerprint density at radius 3 is 2.42 bits per heavy atom. The number of ketones is 1. The molecule has 0 amide bonds. The second-order valence-electron chi connectivity index (χ2n) is 6.05. The number of benzene rings is 1. The zero-order chi connectivity index (χ0) is 17.4. The molecule has 2 N–H and O–H groups in total. The van der Waals surface area contributed by atoms with Crippen LogP contribution in [0.3, 0.4) is 0 Å². The van der Waals surface area contributed by atoms with Gasteiger partial charge in [0.25, 0.3) is 0 Å². The maximum absolute atomic E-state index is 12.9. The number of nitrogens with zero attached hydrogens (tertiary/aromatic N) is 2. The predicted molar refractivity (Wildman–Crippen MR) is 81.5 cm³/mol. The molecule has 1 saturated carbocycles. The lowest BCUT2D eigenvalue weighted by Crippen LogP contribution is -2.17. The first-order valence-electron chi connectivity index (χ1n) is 7.56. The molecule has 1 aromatic heterocycles. The fraction of sp³-hybridized carbons (Fsp3) is 0.353. The van der Waals surface area contributed by atoms with Gasteiger partial charge in [0.2, 0.25) is 0 Å². The smallest absolute Gasteiger partial charge is 0.324 e. The molecule has 1 aliphatic carbocycles. The molecule has 126 valence electrons. The summed E-state index contributed by atoms with van der Waals surface area (Å²) in [6, 6.07) is 5.43. The summed E-state index contributed by atoms with van der Waals surface area (Å²) in [5, 5.41) is 0. The van der Waals surface area contributed by atoms with Gasteiger partial charge in [-0.25, -0.2) is 9.97 Å². The van der Waals surface area contributed by atoms with Gasteiger partial charge >= 0.3 is 6.18 Å². The third-order valence-corrected chi connectivity index (χ3v) is 4.37. The molecular weight excluding hydrogens is 319 g/mol. The molecule has 1 fully saturated rings.